The minimum absolute atomic E-state index is 0.673. The molecular formula is C15H22S. The molecule has 0 atom stereocenters. The number of allylic oxidation sites excluding steroid dienone is 1. The van der Waals surface area contributed by atoms with Gasteiger partial charge in [-0.3, -0.25) is 0 Å². The number of hydrogen-bond donors (Lipinski definition) is 0. The fourth-order valence-corrected chi connectivity index (χ4v) is 2.63. The Morgan fingerprint density at radius 3 is 2.50 bits per heavy atom. The second-order valence-electron chi connectivity index (χ2n) is 4.29. The quantitative estimate of drug-likeness (QED) is 0.638. The smallest absolute Gasteiger partial charge is 0.00345 e. The molecule has 0 radical (unpaired) electrons. The van der Waals surface area contributed by atoms with Gasteiger partial charge in [-0.15, -0.1) is 11.8 Å². The number of thioether (sulfide) groups is 1. The van der Waals surface area contributed by atoms with E-state index >= 15 is 0 Å². The van der Waals surface area contributed by atoms with Gasteiger partial charge in [0, 0.05) is 5.25 Å². The first-order valence-corrected chi connectivity index (χ1v) is 7.02. The molecule has 1 aromatic rings. The van der Waals surface area contributed by atoms with Gasteiger partial charge in [-0.2, -0.15) is 0 Å². The highest BCUT2D eigenvalue weighted by Crippen LogP contribution is 2.28. The van der Waals surface area contributed by atoms with Gasteiger partial charge >= 0.3 is 0 Å². The van der Waals surface area contributed by atoms with Crippen LogP contribution in [-0.4, -0.2) is 5.25 Å². The monoisotopic (exact) mass is 234 g/mol. The van der Waals surface area contributed by atoms with Gasteiger partial charge < -0.3 is 0 Å². The van der Waals surface area contributed by atoms with Gasteiger partial charge in [0.1, 0.15) is 0 Å². The zero-order valence-electron chi connectivity index (χ0n) is 10.6. The summed E-state index contributed by atoms with van der Waals surface area (Å²) >= 11 is 2.00. The molecule has 0 spiro atoms. The van der Waals surface area contributed by atoms with Crippen molar-refractivity contribution in [1.29, 1.82) is 0 Å². The van der Waals surface area contributed by atoms with E-state index in [0.29, 0.717) is 5.25 Å². The van der Waals surface area contributed by atoms with Crippen molar-refractivity contribution in [2.24, 2.45) is 0 Å². The molecular weight excluding hydrogens is 212 g/mol. The van der Waals surface area contributed by atoms with Gasteiger partial charge in [0.25, 0.3) is 0 Å². The second-order valence-corrected chi connectivity index (χ2v) is 5.99. The van der Waals surface area contributed by atoms with Crippen LogP contribution in [0.3, 0.4) is 0 Å². The Kier molecular flexibility index (Phi) is 6.32. The van der Waals surface area contributed by atoms with Gasteiger partial charge in [0.05, 0.1) is 0 Å². The molecule has 0 aromatic heterocycles. The third-order valence-corrected chi connectivity index (χ3v) is 3.39. The predicted molar refractivity (Wildman–Crippen MR) is 76.7 cm³/mol. The molecule has 0 nitrogen and oxygen atoms in total. The van der Waals surface area contributed by atoms with E-state index in [-0.39, 0.29) is 0 Å². The summed E-state index contributed by atoms with van der Waals surface area (Å²) in [6.45, 7) is 6.77. The van der Waals surface area contributed by atoms with Crippen molar-refractivity contribution in [1.82, 2.24) is 0 Å². The van der Waals surface area contributed by atoms with E-state index in [1.807, 2.05) is 11.8 Å². The van der Waals surface area contributed by atoms with E-state index in [2.05, 4.69) is 57.2 Å². The lowest BCUT2D eigenvalue weighted by atomic mass is 10.1. The summed E-state index contributed by atoms with van der Waals surface area (Å²) in [6.07, 6.45) is 6.11. The molecule has 0 unspecified atom stereocenters. The van der Waals surface area contributed by atoms with Crippen LogP contribution in [0.4, 0.5) is 0 Å². The maximum Gasteiger partial charge on any atom is 0.00345 e. The highest BCUT2D eigenvalue weighted by molar-refractivity contribution is 8.03. The van der Waals surface area contributed by atoms with E-state index in [1.54, 1.807) is 0 Å². The molecule has 88 valence electrons. The van der Waals surface area contributed by atoms with E-state index in [0.717, 1.165) is 0 Å². The van der Waals surface area contributed by atoms with Gasteiger partial charge in [-0.05, 0) is 29.4 Å². The van der Waals surface area contributed by atoms with E-state index in [1.165, 1.54) is 29.7 Å². The Hall–Kier alpha value is -0.690. The summed E-state index contributed by atoms with van der Waals surface area (Å²) < 4.78 is 0. The predicted octanol–water partition coefficient (Wildman–Crippen LogP) is 5.36. The van der Waals surface area contributed by atoms with Crippen molar-refractivity contribution < 1.29 is 0 Å². The number of hydrogen-bond acceptors (Lipinski definition) is 1. The van der Waals surface area contributed by atoms with E-state index in [9.17, 15) is 0 Å². The molecule has 0 fully saturated rings. The van der Waals surface area contributed by atoms with Crippen LogP contribution in [0.5, 0.6) is 0 Å². The maximum atomic E-state index is 2.33. The fraction of sp³-hybridized carbons (Fsp3) is 0.467. The lowest BCUT2D eigenvalue weighted by Crippen LogP contribution is -1.89. The summed E-state index contributed by atoms with van der Waals surface area (Å²) in [5, 5.41) is 0.673. The van der Waals surface area contributed by atoms with Gasteiger partial charge in [-0.25, -0.2) is 0 Å². The largest absolute Gasteiger partial charge is 0.128 e. The summed E-state index contributed by atoms with van der Waals surface area (Å²) in [7, 11) is 0. The minimum atomic E-state index is 0.673. The first-order chi connectivity index (χ1) is 7.72. The van der Waals surface area contributed by atoms with Crippen LogP contribution in [0.1, 0.15) is 45.6 Å². The van der Waals surface area contributed by atoms with Crippen molar-refractivity contribution in [3.8, 4) is 0 Å². The first kappa shape index (κ1) is 13.4. The molecule has 1 aromatic carbocycles. The van der Waals surface area contributed by atoms with Gasteiger partial charge in [0.2, 0.25) is 0 Å². The Morgan fingerprint density at radius 2 is 1.94 bits per heavy atom. The summed E-state index contributed by atoms with van der Waals surface area (Å²) in [5.74, 6) is 0. The van der Waals surface area contributed by atoms with Crippen LogP contribution in [0.25, 0.3) is 6.08 Å². The van der Waals surface area contributed by atoms with Crippen LogP contribution in [0.2, 0.25) is 0 Å². The van der Waals surface area contributed by atoms with Crippen molar-refractivity contribution >= 4 is 17.8 Å². The molecule has 0 heterocycles. The zero-order chi connectivity index (χ0) is 11.8. The van der Waals surface area contributed by atoms with Crippen LogP contribution >= 0.6 is 11.8 Å². The van der Waals surface area contributed by atoms with Crippen LogP contribution in [0.15, 0.2) is 35.2 Å². The molecule has 0 aliphatic heterocycles. The SMILES string of the molecule is CCCC/C(=C/c1ccccc1)SC(C)C. The van der Waals surface area contributed by atoms with Crippen molar-refractivity contribution in [3.63, 3.8) is 0 Å². The van der Waals surface area contributed by atoms with Crippen LogP contribution in [0, 0.1) is 0 Å². The molecule has 0 N–H and O–H groups in total. The van der Waals surface area contributed by atoms with Crippen LogP contribution in [-0.2, 0) is 0 Å². The summed E-state index contributed by atoms with van der Waals surface area (Å²) in [4.78, 5) is 1.52. The molecule has 0 amide bonds. The van der Waals surface area contributed by atoms with Crippen molar-refractivity contribution in [3.05, 3.63) is 40.8 Å². The summed E-state index contributed by atoms with van der Waals surface area (Å²) in [6, 6.07) is 10.6. The van der Waals surface area contributed by atoms with Crippen LogP contribution < -0.4 is 0 Å². The third kappa shape index (κ3) is 5.41. The second kappa shape index (κ2) is 7.56. The average molecular weight is 234 g/mol. The third-order valence-electron chi connectivity index (χ3n) is 2.29. The first-order valence-electron chi connectivity index (χ1n) is 6.14. The summed E-state index contributed by atoms with van der Waals surface area (Å²) in [5.41, 5.74) is 1.32. The number of unbranched alkanes of at least 4 members (excludes halogenated alkanes) is 1. The molecule has 0 saturated heterocycles. The maximum absolute atomic E-state index is 2.33. The molecule has 0 aliphatic rings. The topological polar surface area (TPSA) is 0 Å². The molecule has 1 rings (SSSR count). The Bertz CT molecular complexity index is 311. The Balaban J connectivity index is 2.70. The fourth-order valence-electron chi connectivity index (χ4n) is 1.55. The molecule has 0 aliphatic carbocycles. The molecule has 1 heteroatoms. The lowest BCUT2D eigenvalue weighted by molar-refractivity contribution is 0.810. The van der Waals surface area contributed by atoms with Crippen molar-refractivity contribution in [2.45, 2.75) is 45.3 Å². The molecule has 16 heavy (non-hydrogen) atoms. The highest BCUT2D eigenvalue weighted by atomic mass is 32.2. The number of rotatable bonds is 6. The minimum Gasteiger partial charge on any atom is -0.128 e. The van der Waals surface area contributed by atoms with Gasteiger partial charge in [-0.1, -0.05) is 57.5 Å². The number of benzene rings is 1. The average Bonchev–Trinajstić information content (AvgIpc) is 2.26. The standard InChI is InChI=1S/C15H22S/c1-4-5-11-15(16-13(2)3)12-14-9-7-6-8-10-14/h6-10,12-13H,4-5,11H2,1-3H3/b15-12-. The lowest BCUT2D eigenvalue weighted by Gasteiger charge is -2.09. The normalized spacial score (nSPS) is 12.1. The van der Waals surface area contributed by atoms with Crippen molar-refractivity contribution in [2.75, 3.05) is 0 Å². The highest BCUT2D eigenvalue weighted by Gasteiger charge is 2.02. The van der Waals surface area contributed by atoms with E-state index < -0.39 is 0 Å². The van der Waals surface area contributed by atoms with E-state index in [4.69, 9.17) is 0 Å². The van der Waals surface area contributed by atoms with Gasteiger partial charge in [0.15, 0.2) is 0 Å². The Morgan fingerprint density at radius 1 is 1.25 bits per heavy atom. The Labute approximate surface area is 104 Å². The molecule has 0 bridgehead atoms. The zero-order valence-corrected chi connectivity index (χ0v) is 11.4. The molecule has 0 saturated carbocycles.